The second-order valence-corrected chi connectivity index (χ2v) is 5.15. The van der Waals surface area contributed by atoms with Gasteiger partial charge < -0.3 is 21.1 Å². The van der Waals surface area contributed by atoms with Gasteiger partial charge in [0.15, 0.2) is 11.6 Å². The number of allylic oxidation sites excluding steroid dienone is 1. The summed E-state index contributed by atoms with van der Waals surface area (Å²) in [4.78, 5) is 15.6. The summed E-state index contributed by atoms with van der Waals surface area (Å²) in [5.74, 6) is 1.38. The maximum Gasteiger partial charge on any atom is 0.239 e. The number of likely N-dealkylation sites (N-methyl/N-ethyl adjacent to an activating group) is 1. The number of nitrogens with zero attached hydrogens (tertiary/aromatic N) is 3. The molecular formula is C17H20N6O2. The van der Waals surface area contributed by atoms with Crippen molar-refractivity contribution in [2.75, 3.05) is 24.6 Å². The van der Waals surface area contributed by atoms with E-state index in [4.69, 9.17) is 10.5 Å². The topological polar surface area (TPSA) is 114 Å². The highest BCUT2D eigenvalue weighted by molar-refractivity contribution is 5.91. The minimum atomic E-state index is -0.213. The lowest BCUT2D eigenvalue weighted by Crippen LogP contribution is -2.25. The largest absolute Gasteiger partial charge is 0.460 e. The maximum atomic E-state index is 11.5. The van der Waals surface area contributed by atoms with Gasteiger partial charge in [0.25, 0.3) is 0 Å². The van der Waals surface area contributed by atoms with Gasteiger partial charge in [-0.3, -0.25) is 4.79 Å². The molecule has 8 heteroatoms. The standard InChI is InChI=1S/C17H20N6O2/c1-11(2)25-14-7-5-4-6-12(14)22-23-13-8-9-15(21-17(13)18)20-16(24)10-19-3/h4-9,19H,1,10H2,2-3H3,(H3,18,20,21,24)/b23-22+. The monoisotopic (exact) mass is 340 g/mol. The molecule has 0 radical (unpaired) electrons. The third-order valence-electron chi connectivity index (χ3n) is 2.92. The van der Waals surface area contributed by atoms with E-state index in [2.05, 4.69) is 32.4 Å². The van der Waals surface area contributed by atoms with Crippen molar-refractivity contribution in [1.29, 1.82) is 0 Å². The minimum Gasteiger partial charge on any atom is -0.460 e. The second kappa shape index (κ2) is 8.55. The van der Waals surface area contributed by atoms with E-state index in [1.807, 2.05) is 12.1 Å². The summed E-state index contributed by atoms with van der Waals surface area (Å²) >= 11 is 0. The van der Waals surface area contributed by atoms with Gasteiger partial charge in [-0.25, -0.2) is 4.98 Å². The fourth-order valence-corrected chi connectivity index (χ4v) is 1.89. The van der Waals surface area contributed by atoms with E-state index >= 15 is 0 Å². The molecule has 0 atom stereocenters. The zero-order chi connectivity index (χ0) is 18.2. The molecule has 0 saturated heterocycles. The Morgan fingerprint density at radius 1 is 1.24 bits per heavy atom. The van der Waals surface area contributed by atoms with Crippen molar-refractivity contribution in [3.63, 3.8) is 0 Å². The summed E-state index contributed by atoms with van der Waals surface area (Å²) in [5.41, 5.74) is 6.80. The molecule has 0 aliphatic carbocycles. The SMILES string of the molecule is C=C(C)Oc1ccccc1/N=N/c1ccc(NC(=O)CNC)nc1N. The van der Waals surface area contributed by atoms with Crippen molar-refractivity contribution >= 4 is 28.9 Å². The Kier molecular flexibility index (Phi) is 6.19. The lowest BCUT2D eigenvalue weighted by molar-refractivity contribution is -0.115. The van der Waals surface area contributed by atoms with E-state index in [0.29, 0.717) is 28.7 Å². The quantitative estimate of drug-likeness (QED) is 0.529. The molecule has 4 N–H and O–H groups in total. The molecule has 0 aliphatic rings. The van der Waals surface area contributed by atoms with Crippen LogP contribution in [0.15, 0.2) is 59.0 Å². The van der Waals surface area contributed by atoms with E-state index < -0.39 is 0 Å². The molecular weight excluding hydrogens is 320 g/mol. The number of nitrogens with one attached hydrogen (secondary N) is 2. The van der Waals surface area contributed by atoms with E-state index in [9.17, 15) is 4.79 Å². The van der Waals surface area contributed by atoms with E-state index in [1.165, 1.54) is 0 Å². The molecule has 1 amide bonds. The van der Waals surface area contributed by atoms with Crippen LogP contribution in [0.5, 0.6) is 5.75 Å². The highest BCUT2D eigenvalue weighted by atomic mass is 16.5. The van der Waals surface area contributed by atoms with Gasteiger partial charge in [-0.1, -0.05) is 18.7 Å². The van der Waals surface area contributed by atoms with Gasteiger partial charge in [0.2, 0.25) is 5.91 Å². The van der Waals surface area contributed by atoms with E-state index in [1.54, 1.807) is 38.2 Å². The van der Waals surface area contributed by atoms with Crippen molar-refractivity contribution in [3.05, 3.63) is 48.7 Å². The van der Waals surface area contributed by atoms with Crippen molar-refractivity contribution in [2.24, 2.45) is 10.2 Å². The summed E-state index contributed by atoms with van der Waals surface area (Å²) in [5, 5.41) is 13.6. The van der Waals surface area contributed by atoms with Gasteiger partial charge in [0.05, 0.1) is 12.3 Å². The van der Waals surface area contributed by atoms with Crippen molar-refractivity contribution in [2.45, 2.75) is 6.92 Å². The Morgan fingerprint density at radius 3 is 2.64 bits per heavy atom. The molecule has 0 bridgehead atoms. The number of aromatic nitrogens is 1. The molecule has 2 aromatic rings. The predicted molar refractivity (Wildman–Crippen MR) is 97.3 cm³/mol. The van der Waals surface area contributed by atoms with Crippen LogP contribution in [0.3, 0.4) is 0 Å². The normalized spacial score (nSPS) is 10.6. The van der Waals surface area contributed by atoms with Gasteiger partial charge in [0, 0.05) is 0 Å². The summed E-state index contributed by atoms with van der Waals surface area (Å²) < 4.78 is 5.50. The first-order valence-corrected chi connectivity index (χ1v) is 7.54. The van der Waals surface area contributed by atoms with Crippen LogP contribution < -0.4 is 21.1 Å². The number of para-hydroxylation sites is 1. The van der Waals surface area contributed by atoms with Gasteiger partial charge >= 0.3 is 0 Å². The first kappa shape index (κ1) is 18.1. The van der Waals surface area contributed by atoms with Crippen LogP contribution in [-0.4, -0.2) is 24.5 Å². The number of carbonyl (C=O) groups is 1. The highest BCUT2D eigenvalue weighted by Crippen LogP contribution is 2.31. The third-order valence-corrected chi connectivity index (χ3v) is 2.92. The Balaban J connectivity index is 2.17. The van der Waals surface area contributed by atoms with Crippen LogP contribution in [-0.2, 0) is 4.79 Å². The van der Waals surface area contributed by atoms with Gasteiger partial charge in [-0.15, -0.1) is 10.2 Å². The number of benzene rings is 1. The summed E-state index contributed by atoms with van der Waals surface area (Å²) in [6.07, 6.45) is 0. The van der Waals surface area contributed by atoms with Crippen LogP contribution in [0.4, 0.5) is 23.0 Å². The Bertz CT molecular complexity index is 803. The highest BCUT2D eigenvalue weighted by Gasteiger charge is 2.06. The van der Waals surface area contributed by atoms with Crippen molar-refractivity contribution < 1.29 is 9.53 Å². The van der Waals surface area contributed by atoms with Crippen molar-refractivity contribution in [3.8, 4) is 5.75 Å². The van der Waals surface area contributed by atoms with Gasteiger partial charge in [-0.05, 0) is 38.2 Å². The van der Waals surface area contributed by atoms with Crippen molar-refractivity contribution in [1.82, 2.24) is 10.3 Å². The molecule has 0 spiro atoms. The molecule has 0 saturated carbocycles. The zero-order valence-corrected chi connectivity index (χ0v) is 14.1. The Hall–Kier alpha value is -3.26. The number of hydrogen-bond donors (Lipinski definition) is 3. The van der Waals surface area contributed by atoms with E-state index in [-0.39, 0.29) is 18.3 Å². The lowest BCUT2D eigenvalue weighted by atomic mass is 10.3. The molecule has 1 aromatic heterocycles. The molecule has 1 aromatic carbocycles. The van der Waals surface area contributed by atoms with Crippen LogP contribution in [0, 0.1) is 0 Å². The molecule has 0 unspecified atom stereocenters. The van der Waals surface area contributed by atoms with E-state index in [0.717, 1.165) is 0 Å². The maximum absolute atomic E-state index is 11.5. The number of amides is 1. The molecule has 8 nitrogen and oxygen atoms in total. The number of nitrogens with two attached hydrogens (primary N) is 1. The Labute approximate surface area is 145 Å². The summed E-state index contributed by atoms with van der Waals surface area (Å²) in [7, 11) is 1.68. The second-order valence-electron chi connectivity index (χ2n) is 5.15. The third kappa shape index (κ3) is 5.40. The fourth-order valence-electron chi connectivity index (χ4n) is 1.89. The number of pyridine rings is 1. The van der Waals surface area contributed by atoms with Gasteiger partial charge in [0.1, 0.15) is 17.2 Å². The first-order chi connectivity index (χ1) is 12.0. The molecule has 25 heavy (non-hydrogen) atoms. The molecule has 0 fully saturated rings. The van der Waals surface area contributed by atoms with Crippen LogP contribution in [0.2, 0.25) is 0 Å². The fraction of sp³-hybridized carbons (Fsp3) is 0.176. The minimum absolute atomic E-state index is 0.157. The van der Waals surface area contributed by atoms with Crippen LogP contribution in [0.1, 0.15) is 6.92 Å². The molecule has 0 aliphatic heterocycles. The number of anilines is 2. The zero-order valence-electron chi connectivity index (χ0n) is 14.1. The number of nitrogen functional groups attached to an aromatic ring is 1. The lowest BCUT2D eigenvalue weighted by Gasteiger charge is -2.07. The number of ether oxygens (including phenoxy) is 1. The number of rotatable bonds is 7. The Morgan fingerprint density at radius 2 is 1.96 bits per heavy atom. The number of carbonyl (C=O) groups excluding carboxylic acids is 1. The van der Waals surface area contributed by atoms with Crippen LogP contribution >= 0.6 is 0 Å². The molecule has 1 heterocycles. The predicted octanol–water partition coefficient (Wildman–Crippen LogP) is 3.15. The summed E-state index contributed by atoms with van der Waals surface area (Å²) in [6, 6.07) is 10.4. The molecule has 2 rings (SSSR count). The van der Waals surface area contributed by atoms with Crippen LogP contribution in [0.25, 0.3) is 0 Å². The first-order valence-electron chi connectivity index (χ1n) is 7.54. The number of hydrogen-bond acceptors (Lipinski definition) is 7. The average Bonchev–Trinajstić information content (AvgIpc) is 2.55. The number of azo groups is 1. The summed E-state index contributed by atoms with van der Waals surface area (Å²) in [6.45, 7) is 5.64. The van der Waals surface area contributed by atoms with Gasteiger partial charge in [-0.2, -0.15) is 0 Å². The molecule has 130 valence electrons. The average molecular weight is 340 g/mol. The smallest absolute Gasteiger partial charge is 0.239 e.